The smallest absolute Gasteiger partial charge is 0.181 e. The minimum atomic E-state index is 0.0435. The van der Waals surface area contributed by atoms with Crippen LogP contribution in [0.2, 0.25) is 0 Å². The molecule has 1 atom stereocenters. The van der Waals surface area contributed by atoms with Crippen molar-refractivity contribution in [2.75, 3.05) is 7.05 Å². The molecule has 1 N–H and O–H groups in total. The van der Waals surface area contributed by atoms with Crippen LogP contribution in [0.1, 0.15) is 11.6 Å². The maximum absolute atomic E-state index is 11.0. The molecule has 1 aromatic carbocycles. The van der Waals surface area contributed by atoms with E-state index >= 15 is 0 Å². The molecule has 0 radical (unpaired) electrons. The van der Waals surface area contributed by atoms with Crippen molar-refractivity contribution in [3.05, 3.63) is 70.6 Å². The molecule has 0 amide bonds. The minimum Gasteiger partial charge on any atom is -0.352 e. The average Bonchev–Trinajstić information content (AvgIpc) is 2.39. The van der Waals surface area contributed by atoms with Crippen LogP contribution in [-0.2, 0) is 6.54 Å². The molecule has 1 aromatic heterocycles. The Morgan fingerprint density at radius 1 is 1.12 bits per heavy atom. The largest absolute Gasteiger partial charge is 0.352 e. The Balaban J connectivity index is 2.15. The lowest BCUT2D eigenvalue weighted by Gasteiger charge is -2.18. The number of likely N-dealkylation sites (N-methyl/N-ethyl adjacent to an activating group) is 1. The van der Waals surface area contributed by atoms with Crippen LogP contribution in [0, 0.1) is 0 Å². The molecule has 17 heavy (non-hydrogen) atoms. The number of hydrogen-bond donors (Lipinski definition) is 1. The number of nitrogens with one attached hydrogen (secondary N) is 1. The molecule has 0 aliphatic carbocycles. The number of pyridine rings is 1. The maximum Gasteiger partial charge on any atom is 0.181 e. The van der Waals surface area contributed by atoms with Crippen LogP contribution >= 0.6 is 0 Å². The topological polar surface area (TPSA) is 34.0 Å². The summed E-state index contributed by atoms with van der Waals surface area (Å²) in [6.45, 7) is 0.806. The van der Waals surface area contributed by atoms with E-state index in [9.17, 15) is 4.79 Å². The van der Waals surface area contributed by atoms with Gasteiger partial charge < -0.3 is 9.88 Å². The van der Waals surface area contributed by atoms with Gasteiger partial charge in [0.15, 0.2) is 5.43 Å². The van der Waals surface area contributed by atoms with Crippen molar-refractivity contribution < 1.29 is 0 Å². The third kappa shape index (κ3) is 3.04. The Labute approximate surface area is 101 Å². The average molecular weight is 228 g/mol. The molecule has 0 bridgehead atoms. The van der Waals surface area contributed by atoms with E-state index in [0.717, 1.165) is 6.54 Å². The summed E-state index contributed by atoms with van der Waals surface area (Å²) in [7, 11) is 1.94. The Morgan fingerprint density at radius 2 is 1.76 bits per heavy atom. The van der Waals surface area contributed by atoms with Gasteiger partial charge in [0.25, 0.3) is 0 Å². The highest BCUT2D eigenvalue weighted by Crippen LogP contribution is 2.13. The zero-order valence-corrected chi connectivity index (χ0v) is 9.84. The van der Waals surface area contributed by atoms with Crippen molar-refractivity contribution in [3.8, 4) is 0 Å². The molecule has 2 rings (SSSR count). The van der Waals surface area contributed by atoms with Crippen molar-refractivity contribution in [3.63, 3.8) is 0 Å². The van der Waals surface area contributed by atoms with Crippen molar-refractivity contribution in [2.24, 2.45) is 0 Å². The van der Waals surface area contributed by atoms with Gasteiger partial charge in [0.05, 0.1) is 0 Å². The second-order valence-corrected chi connectivity index (χ2v) is 3.98. The Kier molecular flexibility index (Phi) is 3.73. The van der Waals surface area contributed by atoms with E-state index in [1.807, 2.05) is 42.2 Å². The summed E-state index contributed by atoms with van der Waals surface area (Å²) in [5, 5.41) is 3.28. The zero-order chi connectivity index (χ0) is 12.1. The first-order valence-electron chi connectivity index (χ1n) is 5.68. The first kappa shape index (κ1) is 11.6. The number of aromatic nitrogens is 1. The highest BCUT2D eigenvalue weighted by atomic mass is 16.1. The van der Waals surface area contributed by atoms with Gasteiger partial charge in [0.1, 0.15) is 0 Å². The van der Waals surface area contributed by atoms with Crippen LogP contribution in [0.4, 0.5) is 0 Å². The molecule has 2 aromatic rings. The SMILES string of the molecule is CNC(Cn1ccc(=O)cc1)c1ccccc1. The molecule has 0 saturated carbocycles. The van der Waals surface area contributed by atoms with Crippen molar-refractivity contribution >= 4 is 0 Å². The van der Waals surface area contributed by atoms with Gasteiger partial charge in [-0.15, -0.1) is 0 Å². The van der Waals surface area contributed by atoms with Crippen molar-refractivity contribution in [2.45, 2.75) is 12.6 Å². The molecule has 1 heterocycles. The van der Waals surface area contributed by atoms with Crippen molar-refractivity contribution in [1.29, 1.82) is 0 Å². The van der Waals surface area contributed by atoms with Gasteiger partial charge in [-0.2, -0.15) is 0 Å². The highest BCUT2D eigenvalue weighted by Gasteiger charge is 2.08. The number of nitrogens with zero attached hydrogens (tertiary/aromatic N) is 1. The normalized spacial score (nSPS) is 12.3. The summed E-state index contributed by atoms with van der Waals surface area (Å²) < 4.78 is 2.01. The van der Waals surface area contributed by atoms with Gasteiger partial charge in [-0.3, -0.25) is 4.79 Å². The molecule has 0 saturated heterocycles. The van der Waals surface area contributed by atoms with E-state index in [-0.39, 0.29) is 11.5 Å². The quantitative estimate of drug-likeness (QED) is 0.866. The van der Waals surface area contributed by atoms with E-state index in [1.165, 1.54) is 5.56 Å². The summed E-state index contributed by atoms with van der Waals surface area (Å²) in [5.74, 6) is 0. The van der Waals surface area contributed by atoms with E-state index in [2.05, 4.69) is 17.4 Å². The van der Waals surface area contributed by atoms with E-state index in [4.69, 9.17) is 0 Å². The number of hydrogen-bond acceptors (Lipinski definition) is 2. The van der Waals surface area contributed by atoms with Crippen LogP contribution in [0.5, 0.6) is 0 Å². The molecule has 0 fully saturated rings. The second-order valence-electron chi connectivity index (χ2n) is 3.98. The minimum absolute atomic E-state index is 0.0435. The zero-order valence-electron chi connectivity index (χ0n) is 9.84. The summed E-state index contributed by atoms with van der Waals surface area (Å²) >= 11 is 0. The predicted octanol–water partition coefficient (Wildman–Crippen LogP) is 1.81. The lowest BCUT2D eigenvalue weighted by Crippen LogP contribution is -2.22. The maximum atomic E-state index is 11.0. The highest BCUT2D eigenvalue weighted by molar-refractivity contribution is 5.18. The standard InChI is InChI=1S/C14H16N2O/c1-15-14(12-5-3-2-4-6-12)11-16-9-7-13(17)8-10-16/h2-10,14-15H,11H2,1H3. The van der Waals surface area contributed by atoms with E-state index in [1.54, 1.807) is 12.1 Å². The number of rotatable bonds is 4. The van der Waals surface area contributed by atoms with Crippen LogP contribution in [0.3, 0.4) is 0 Å². The van der Waals surface area contributed by atoms with Gasteiger partial charge in [-0.25, -0.2) is 0 Å². The first-order valence-corrected chi connectivity index (χ1v) is 5.68. The van der Waals surface area contributed by atoms with Gasteiger partial charge in [0, 0.05) is 37.1 Å². The summed E-state index contributed by atoms with van der Waals surface area (Å²) in [4.78, 5) is 11.0. The van der Waals surface area contributed by atoms with Crippen LogP contribution < -0.4 is 10.7 Å². The molecular formula is C14H16N2O. The monoisotopic (exact) mass is 228 g/mol. The van der Waals surface area contributed by atoms with Gasteiger partial charge >= 0.3 is 0 Å². The Morgan fingerprint density at radius 3 is 2.35 bits per heavy atom. The van der Waals surface area contributed by atoms with Crippen LogP contribution in [-0.4, -0.2) is 11.6 Å². The fraction of sp³-hybridized carbons (Fsp3) is 0.214. The van der Waals surface area contributed by atoms with Gasteiger partial charge in [-0.1, -0.05) is 30.3 Å². The van der Waals surface area contributed by atoms with Crippen molar-refractivity contribution in [1.82, 2.24) is 9.88 Å². The summed E-state index contributed by atoms with van der Waals surface area (Å²) in [5.41, 5.74) is 1.29. The van der Waals surface area contributed by atoms with Crippen LogP contribution in [0.15, 0.2) is 59.7 Å². The third-order valence-electron chi connectivity index (χ3n) is 2.80. The van der Waals surface area contributed by atoms with Gasteiger partial charge in [-0.05, 0) is 12.6 Å². The Bertz CT molecular complexity index is 499. The molecule has 0 aliphatic rings. The molecule has 1 unspecified atom stereocenters. The van der Waals surface area contributed by atoms with Gasteiger partial charge in [0.2, 0.25) is 0 Å². The second kappa shape index (κ2) is 5.46. The lowest BCUT2D eigenvalue weighted by molar-refractivity contribution is 0.498. The van der Waals surface area contributed by atoms with E-state index in [0.29, 0.717) is 0 Å². The summed E-state index contributed by atoms with van der Waals surface area (Å²) in [6, 6.07) is 13.7. The lowest BCUT2D eigenvalue weighted by atomic mass is 10.1. The van der Waals surface area contributed by atoms with E-state index < -0.39 is 0 Å². The molecule has 88 valence electrons. The fourth-order valence-corrected chi connectivity index (χ4v) is 1.82. The fourth-order valence-electron chi connectivity index (χ4n) is 1.82. The predicted molar refractivity (Wildman–Crippen MR) is 68.9 cm³/mol. The van der Waals surface area contributed by atoms with Crippen LogP contribution in [0.25, 0.3) is 0 Å². The molecule has 0 spiro atoms. The first-order chi connectivity index (χ1) is 8.29. The molecule has 0 aliphatic heterocycles. The summed E-state index contributed by atoms with van der Waals surface area (Å²) in [6.07, 6.45) is 3.63. The number of benzene rings is 1. The molecule has 3 heteroatoms. The molecular weight excluding hydrogens is 212 g/mol. The molecule has 3 nitrogen and oxygen atoms in total. The third-order valence-corrected chi connectivity index (χ3v) is 2.80. The Hall–Kier alpha value is -1.87.